The van der Waals surface area contributed by atoms with Gasteiger partial charge in [-0.15, -0.1) is 15.3 Å². The van der Waals surface area contributed by atoms with E-state index in [2.05, 4.69) is 32.3 Å². The van der Waals surface area contributed by atoms with E-state index >= 15 is 0 Å². The van der Waals surface area contributed by atoms with Crippen molar-refractivity contribution in [2.45, 2.75) is 25.1 Å². The molecule has 0 bridgehead atoms. The van der Waals surface area contributed by atoms with E-state index in [1.165, 1.54) is 6.07 Å². The lowest BCUT2D eigenvalue weighted by Gasteiger charge is -2.59. The summed E-state index contributed by atoms with van der Waals surface area (Å²) in [4.78, 5) is 2.07. The summed E-state index contributed by atoms with van der Waals surface area (Å²) in [6, 6.07) is 13.3. The van der Waals surface area contributed by atoms with Crippen molar-refractivity contribution >= 4 is 11.5 Å². The van der Waals surface area contributed by atoms with E-state index in [1.54, 1.807) is 6.07 Å². The van der Waals surface area contributed by atoms with Crippen LogP contribution in [-0.4, -0.2) is 39.6 Å². The Balaban J connectivity index is 1.56. The highest BCUT2D eigenvalue weighted by Gasteiger charge is 2.54. The number of anilines is 1. The summed E-state index contributed by atoms with van der Waals surface area (Å²) in [7, 11) is 0. The lowest BCUT2D eigenvalue weighted by atomic mass is 9.64. The first-order valence-electron chi connectivity index (χ1n) is 9.17. The summed E-state index contributed by atoms with van der Waals surface area (Å²) in [5.41, 5.74) is 1.27. The van der Waals surface area contributed by atoms with E-state index in [0.29, 0.717) is 19.0 Å². The average Bonchev–Trinajstić information content (AvgIpc) is 3.11. The normalized spacial score (nSPS) is 21.8. The first-order chi connectivity index (χ1) is 13.5. The van der Waals surface area contributed by atoms with Gasteiger partial charge in [-0.2, -0.15) is 17.7 Å². The van der Waals surface area contributed by atoms with Gasteiger partial charge in [-0.05, 0) is 30.5 Å². The Morgan fingerprint density at radius 1 is 1.00 bits per heavy atom. The van der Waals surface area contributed by atoms with Crippen LogP contribution in [0.2, 0.25) is 0 Å². The lowest BCUT2D eigenvalue weighted by molar-refractivity contribution is -0.146. The molecule has 3 aromatic rings. The van der Waals surface area contributed by atoms with Crippen LogP contribution in [0, 0.1) is 5.41 Å². The molecule has 28 heavy (non-hydrogen) atoms. The summed E-state index contributed by atoms with van der Waals surface area (Å²) in [5, 5.41) is 11.1. The molecule has 9 heteroatoms. The fraction of sp³-hybridized carbons (Fsp3) is 0.421. The van der Waals surface area contributed by atoms with Crippen molar-refractivity contribution in [3.8, 4) is 0 Å². The molecule has 2 fully saturated rings. The Hall–Kier alpha value is -2.68. The van der Waals surface area contributed by atoms with Gasteiger partial charge in [-0.25, -0.2) is 0 Å². The number of aromatic nitrogens is 4. The van der Waals surface area contributed by atoms with E-state index in [-0.39, 0.29) is 17.1 Å². The van der Waals surface area contributed by atoms with Gasteiger partial charge in [-0.3, -0.25) is 0 Å². The van der Waals surface area contributed by atoms with E-state index in [1.807, 2.05) is 18.2 Å². The van der Waals surface area contributed by atoms with Crippen molar-refractivity contribution in [3.63, 3.8) is 0 Å². The van der Waals surface area contributed by atoms with Gasteiger partial charge in [0.15, 0.2) is 5.65 Å². The minimum atomic E-state index is -4.61. The summed E-state index contributed by atoms with van der Waals surface area (Å²) in [5.74, 6) is -0.620. The zero-order valence-electron chi connectivity index (χ0n) is 14.9. The third-order valence-corrected chi connectivity index (χ3v) is 5.78. The predicted molar refractivity (Wildman–Crippen MR) is 94.8 cm³/mol. The van der Waals surface area contributed by atoms with Crippen LogP contribution in [-0.2, 0) is 10.9 Å². The second-order valence-corrected chi connectivity index (χ2v) is 7.40. The van der Waals surface area contributed by atoms with Crippen molar-refractivity contribution in [2.75, 3.05) is 24.7 Å². The van der Waals surface area contributed by atoms with Crippen LogP contribution < -0.4 is 4.90 Å². The Bertz CT molecular complexity index is 998. The van der Waals surface area contributed by atoms with E-state index < -0.39 is 12.0 Å². The molecule has 1 spiro atoms. The van der Waals surface area contributed by atoms with Crippen molar-refractivity contribution < 1.29 is 17.9 Å². The maximum atomic E-state index is 13.2. The summed E-state index contributed by atoms with van der Waals surface area (Å²) < 4.78 is 46.0. The van der Waals surface area contributed by atoms with Crippen LogP contribution >= 0.6 is 0 Å². The average molecular weight is 389 g/mol. The van der Waals surface area contributed by atoms with Crippen molar-refractivity contribution in [3.05, 3.63) is 53.9 Å². The van der Waals surface area contributed by atoms with Crippen LogP contribution in [0.4, 0.5) is 19.0 Å². The maximum Gasteiger partial charge on any atom is 0.453 e. The molecule has 2 aromatic heterocycles. The standard InChI is InChI=1S/C19H18F3N5O/c20-19(21,22)17-24-23-14-6-7-15(25-27(14)17)26-12-18(8-10-28-11-9-18)16(26)13-4-2-1-3-5-13/h1-7,16H,8-12H2. The quantitative estimate of drug-likeness (QED) is 0.672. The molecule has 1 atom stereocenters. The van der Waals surface area contributed by atoms with Crippen LogP contribution in [0.5, 0.6) is 0 Å². The molecular formula is C19H18F3N5O. The third-order valence-electron chi connectivity index (χ3n) is 5.78. The van der Waals surface area contributed by atoms with Gasteiger partial charge in [0.05, 0.1) is 6.04 Å². The molecule has 0 amide bonds. The number of ether oxygens (including phenoxy) is 1. The Morgan fingerprint density at radius 2 is 1.75 bits per heavy atom. The molecule has 5 rings (SSSR count). The molecule has 6 nitrogen and oxygen atoms in total. The topological polar surface area (TPSA) is 55.5 Å². The first kappa shape index (κ1) is 17.4. The number of nitrogens with zero attached hydrogens (tertiary/aromatic N) is 5. The van der Waals surface area contributed by atoms with Crippen molar-refractivity contribution in [2.24, 2.45) is 5.41 Å². The van der Waals surface area contributed by atoms with Gasteiger partial charge < -0.3 is 9.64 Å². The van der Waals surface area contributed by atoms with Gasteiger partial charge in [0, 0.05) is 25.2 Å². The Morgan fingerprint density at radius 3 is 2.46 bits per heavy atom. The molecule has 0 aliphatic carbocycles. The SMILES string of the molecule is FC(F)(F)c1nnc2ccc(N3CC4(CCOCC4)C3c3ccccc3)nn12. The predicted octanol–water partition coefficient (Wildman–Crippen LogP) is 3.50. The molecule has 2 aliphatic heterocycles. The molecule has 146 valence electrons. The smallest absolute Gasteiger partial charge is 0.381 e. The maximum absolute atomic E-state index is 13.2. The highest BCUT2D eigenvalue weighted by Crippen LogP contribution is 2.55. The Labute approximate surface area is 158 Å². The third kappa shape index (κ3) is 2.64. The summed E-state index contributed by atoms with van der Waals surface area (Å²) in [6.07, 6.45) is -2.77. The Kier molecular flexibility index (Phi) is 3.84. The van der Waals surface area contributed by atoms with Crippen molar-refractivity contribution in [1.82, 2.24) is 19.8 Å². The van der Waals surface area contributed by atoms with Crippen LogP contribution in [0.3, 0.4) is 0 Å². The number of benzene rings is 1. The number of alkyl halides is 3. The fourth-order valence-corrected chi connectivity index (χ4v) is 4.44. The van der Waals surface area contributed by atoms with Crippen LogP contribution in [0.25, 0.3) is 5.65 Å². The molecular weight excluding hydrogens is 371 g/mol. The number of hydrogen-bond donors (Lipinski definition) is 0. The lowest BCUT2D eigenvalue weighted by Crippen LogP contribution is -2.61. The molecule has 0 N–H and O–H groups in total. The monoisotopic (exact) mass is 389 g/mol. The first-order valence-corrected chi connectivity index (χ1v) is 9.17. The second kappa shape index (κ2) is 6.16. The van der Waals surface area contributed by atoms with E-state index in [0.717, 1.165) is 29.5 Å². The number of fused-ring (bicyclic) bond motifs is 1. The van der Waals surface area contributed by atoms with Crippen LogP contribution in [0.15, 0.2) is 42.5 Å². The molecule has 1 aromatic carbocycles. The molecule has 2 aliphatic rings. The largest absolute Gasteiger partial charge is 0.453 e. The van der Waals surface area contributed by atoms with Gasteiger partial charge >= 0.3 is 6.18 Å². The zero-order chi connectivity index (χ0) is 19.4. The van der Waals surface area contributed by atoms with E-state index in [4.69, 9.17) is 4.74 Å². The minimum absolute atomic E-state index is 0.0494. The molecule has 2 saturated heterocycles. The molecule has 4 heterocycles. The minimum Gasteiger partial charge on any atom is -0.381 e. The second-order valence-electron chi connectivity index (χ2n) is 7.40. The summed E-state index contributed by atoms with van der Waals surface area (Å²) >= 11 is 0. The zero-order valence-corrected chi connectivity index (χ0v) is 14.9. The number of rotatable bonds is 2. The van der Waals surface area contributed by atoms with Gasteiger partial charge in [-0.1, -0.05) is 30.3 Å². The number of hydrogen-bond acceptors (Lipinski definition) is 5. The molecule has 1 unspecified atom stereocenters. The van der Waals surface area contributed by atoms with Gasteiger partial charge in [0.2, 0.25) is 0 Å². The summed E-state index contributed by atoms with van der Waals surface area (Å²) in [6.45, 7) is 2.14. The fourth-order valence-electron chi connectivity index (χ4n) is 4.44. The number of halogens is 3. The van der Waals surface area contributed by atoms with Gasteiger partial charge in [0.25, 0.3) is 5.82 Å². The molecule has 0 radical (unpaired) electrons. The van der Waals surface area contributed by atoms with Crippen molar-refractivity contribution in [1.29, 1.82) is 0 Å². The molecule has 0 saturated carbocycles. The highest BCUT2D eigenvalue weighted by molar-refractivity contribution is 5.52. The van der Waals surface area contributed by atoms with Crippen LogP contribution in [0.1, 0.15) is 30.3 Å². The van der Waals surface area contributed by atoms with E-state index in [9.17, 15) is 13.2 Å². The highest BCUT2D eigenvalue weighted by atomic mass is 19.4. The van der Waals surface area contributed by atoms with Gasteiger partial charge in [0.1, 0.15) is 5.82 Å².